The number of ether oxygens (including phenoxy) is 3. The minimum absolute atomic E-state index is 0.0588. The van der Waals surface area contributed by atoms with Crippen molar-refractivity contribution in [2.75, 3.05) is 44.2 Å². The number of nitrogens with zero attached hydrogens (tertiary/aromatic N) is 2. The van der Waals surface area contributed by atoms with Gasteiger partial charge in [0.15, 0.2) is 6.10 Å². The number of rotatable bonds is 10. The van der Waals surface area contributed by atoms with Gasteiger partial charge in [-0.2, -0.15) is 4.31 Å². The van der Waals surface area contributed by atoms with Crippen molar-refractivity contribution in [3.05, 3.63) is 72.3 Å². The number of hydrogen-bond acceptors (Lipinski definition) is 8. The van der Waals surface area contributed by atoms with E-state index < -0.39 is 32.1 Å². The molecule has 0 spiro atoms. The van der Waals surface area contributed by atoms with Crippen LogP contribution in [0.15, 0.2) is 76.5 Å². The molecule has 5 rings (SSSR count). The molecule has 1 N–H and O–H groups in total. The summed E-state index contributed by atoms with van der Waals surface area (Å²) in [4.78, 5) is 13.3. The van der Waals surface area contributed by atoms with Gasteiger partial charge in [0, 0.05) is 13.1 Å². The minimum atomic E-state index is -4.01. The van der Waals surface area contributed by atoms with Crippen LogP contribution in [0.4, 0.5) is 5.69 Å². The third kappa shape index (κ3) is 6.18. The predicted molar refractivity (Wildman–Crippen MR) is 156 cm³/mol. The lowest BCUT2D eigenvalue weighted by Gasteiger charge is -2.35. The van der Waals surface area contributed by atoms with E-state index in [1.807, 2.05) is 6.92 Å². The van der Waals surface area contributed by atoms with Crippen LogP contribution in [-0.4, -0.2) is 73.0 Å². The van der Waals surface area contributed by atoms with Crippen LogP contribution < -0.4 is 23.8 Å². The molecule has 2 aliphatic rings. The number of sulfonamides is 2. The van der Waals surface area contributed by atoms with Gasteiger partial charge in [0.05, 0.1) is 35.7 Å². The lowest BCUT2D eigenvalue weighted by Crippen LogP contribution is -2.51. The van der Waals surface area contributed by atoms with Gasteiger partial charge in [-0.05, 0) is 86.0 Å². The summed E-state index contributed by atoms with van der Waals surface area (Å²) >= 11 is 0. The molecule has 0 unspecified atom stereocenters. The van der Waals surface area contributed by atoms with Gasteiger partial charge in [-0.25, -0.2) is 16.8 Å². The minimum Gasteiger partial charge on any atom is -0.497 e. The molecule has 0 saturated carbocycles. The molecule has 1 atom stereocenters. The van der Waals surface area contributed by atoms with Crippen LogP contribution >= 0.6 is 0 Å². The summed E-state index contributed by atoms with van der Waals surface area (Å²) in [6, 6.07) is 17.4. The van der Waals surface area contributed by atoms with E-state index in [2.05, 4.69) is 5.32 Å². The van der Waals surface area contributed by atoms with Crippen molar-refractivity contribution >= 4 is 31.6 Å². The summed E-state index contributed by atoms with van der Waals surface area (Å²) in [5, 5.41) is 2.74. The Kier molecular flexibility index (Phi) is 8.62. The van der Waals surface area contributed by atoms with Crippen molar-refractivity contribution in [3.63, 3.8) is 0 Å². The predicted octanol–water partition coefficient (Wildman–Crippen LogP) is 2.94. The highest BCUT2D eigenvalue weighted by molar-refractivity contribution is 7.92. The van der Waals surface area contributed by atoms with Crippen LogP contribution in [0.3, 0.4) is 0 Å². The van der Waals surface area contributed by atoms with Gasteiger partial charge in [0.1, 0.15) is 23.9 Å². The first-order valence-corrected chi connectivity index (χ1v) is 16.4. The van der Waals surface area contributed by atoms with E-state index in [1.165, 1.54) is 40.0 Å². The van der Waals surface area contributed by atoms with Crippen LogP contribution in [0.2, 0.25) is 0 Å². The summed E-state index contributed by atoms with van der Waals surface area (Å²) in [5.41, 5.74) is 1.20. The third-order valence-corrected chi connectivity index (χ3v) is 10.8. The molecule has 1 saturated heterocycles. The first-order valence-electron chi connectivity index (χ1n) is 13.5. The molecular formula is C29H33N3O8S2. The number of carbonyl (C=O) groups excluding carboxylic acids is 1. The van der Waals surface area contributed by atoms with E-state index in [1.54, 1.807) is 42.5 Å². The molecule has 1 amide bonds. The van der Waals surface area contributed by atoms with Crippen LogP contribution in [0.1, 0.15) is 18.4 Å². The topological polar surface area (TPSA) is 132 Å². The van der Waals surface area contributed by atoms with Crippen molar-refractivity contribution < 1.29 is 35.8 Å². The van der Waals surface area contributed by atoms with Gasteiger partial charge >= 0.3 is 0 Å². The lowest BCUT2D eigenvalue weighted by atomic mass is 10.1. The fourth-order valence-corrected chi connectivity index (χ4v) is 7.84. The Balaban J connectivity index is 1.21. The highest BCUT2D eigenvalue weighted by atomic mass is 32.2. The van der Waals surface area contributed by atoms with Gasteiger partial charge in [-0.3, -0.25) is 9.10 Å². The van der Waals surface area contributed by atoms with Gasteiger partial charge in [-0.15, -0.1) is 0 Å². The number of fused-ring (bicyclic) bond motifs is 1. The van der Waals surface area contributed by atoms with Crippen molar-refractivity contribution in [2.45, 2.75) is 35.7 Å². The second-order valence-electron chi connectivity index (χ2n) is 10.0. The normalized spacial score (nSPS) is 17.3. The van der Waals surface area contributed by atoms with Crippen LogP contribution in [0, 0.1) is 6.92 Å². The Morgan fingerprint density at radius 1 is 0.905 bits per heavy atom. The third-order valence-electron chi connectivity index (χ3n) is 7.12. The Morgan fingerprint density at radius 2 is 1.52 bits per heavy atom. The molecular weight excluding hydrogens is 582 g/mol. The van der Waals surface area contributed by atoms with E-state index >= 15 is 0 Å². The number of benzene rings is 3. The maximum Gasteiger partial charge on any atom is 0.264 e. The van der Waals surface area contributed by atoms with E-state index in [4.69, 9.17) is 14.2 Å². The number of nitrogens with one attached hydrogen (secondary N) is 1. The van der Waals surface area contributed by atoms with E-state index in [-0.39, 0.29) is 29.5 Å². The highest BCUT2D eigenvalue weighted by Crippen LogP contribution is 2.38. The van der Waals surface area contributed by atoms with Gasteiger partial charge in [0.25, 0.3) is 15.9 Å². The van der Waals surface area contributed by atoms with E-state index in [9.17, 15) is 21.6 Å². The Hall–Kier alpha value is -3.81. The monoisotopic (exact) mass is 615 g/mol. The fraction of sp³-hybridized carbons (Fsp3) is 0.345. The number of carbonyl (C=O) groups is 1. The molecule has 2 heterocycles. The van der Waals surface area contributed by atoms with Crippen molar-refractivity contribution in [1.82, 2.24) is 9.62 Å². The zero-order valence-electron chi connectivity index (χ0n) is 23.4. The molecule has 3 aromatic carbocycles. The average molecular weight is 616 g/mol. The Labute approximate surface area is 246 Å². The summed E-state index contributed by atoms with van der Waals surface area (Å²) in [7, 11) is -6.03. The number of anilines is 1. The standard InChI is InChI=1S/C29H33N3O8S2/c1-21-5-14-26-27(19-21)40-28(20-32(26)42(36,37)25-10-6-22(38-2)7-11-25)29(33)30-15-18-39-23-8-12-24(13-9-23)41(34,35)31-16-3-4-17-31/h5-14,19,28H,3-4,15-18,20H2,1-2H3,(H,30,33)/t28-/m0/s1. The summed E-state index contributed by atoms with van der Waals surface area (Å²) in [5.74, 6) is 0.778. The molecule has 11 nitrogen and oxygen atoms in total. The molecule has 2 aliphatic heterocycles. The molecule has 3 aromatic rings. The zero-order chi connectivity index (χ0) is 29.9. The lowest BCUT2D eigenvalue weighted by molar-refractivity contribution is -0.127. The second kappa shape index (κ2) is 12.2. The van der Waals surface area contributed by atoms with Crippen LogP contribution in [-0.2, 0) is 24.8 Å². The Bertz CT molecular complexity index is 1640. The number of amides is 1. The van der Waals surface area contributed by atoms with Gasteiger partial charge in [0.2, 0.25) is 10.0 Å². The van der Waals surface area contributed by atoms with E-state index in [0.717, 1.165) is 18.4 Å². The molecule has 224 valence electrons. The summed E-state index contributed by atoms with van der Waals surface area (Å²) in [6.07, 6.45) is 0.629. The smallest absolute Gasteiger partial charge is 0.264 e. The fourth-order valence-electron chi connectivity index (χ4n) is 4.84. The number of aryl methyl sites for hydroxylation is 1. The molecule has 1 fully saturated rings. The SMILES string of the molecule is COc1ccc(S(=O)(=O)N2C[C@@H](C(=O)NCCOc3ccc(S(=O)(=O)N4CCCC4)cc3)Oc3cc(C)ccc32)cc1. The molecule has 0 bridgehead atoms. The number of methoxy groups -OCH3 is 1. The van der Waals surface area contributed by atoms with Crippen molar-refractivity contribution in [3.8, 4) is 17.2 Å². The highest BCUT2D eigenvalue weighted by Gasteiger charge is 2.37. The van der Waals surface area contributed by atoms with E-state index in [0.29, 0.717) is 36.0 Å². The van der Waals surface area contributed by atoms with Gasteiger partial charge in [-0.1, -0.05) is 6.07 Å². The molecule has 0 aromatic heterocycles. The summed E-state index contributed by atoms with van der Waals surface area (Å²) in [6.45, 7) is 2.92. The molecule has 42 heavy (non-hydrogen) atoms. The first kappa shape index (κ1) is 29.7. The molecule has 13 heteroatoms. The zero-order valence-corrected chi connectivity index (χ0v) is 25.0. The molecule has 0 aliphatic carbocycles. The van der Waals surface area contributed by atoms with Crippen molar-refractivity contribution in [2.24, 2.45) is 0 Å². The van der Waals surface area contributed by atoms with Crippen LogP contribution in [0.5, 0.6) is 17.2 Å². The molecule has 0 radical (unpaired) electrons. The van der Waals surface area contributed by atoms with Gasteiger partial charge < -0.3 is 19.5 Å². The van der Waals surface area contributed by atoms with Crippen molar-refractivity contribution in [1.29, 1.82) is 0 Å². The largest absolute Gasteiger partial charge is 0.497 e. The Morgan fingerprint density at radius 3 is 2.17 bits per heavy atom. The maximum absolute atomic E-state index is 13.6. The second-order valence-corrected chi connectivity index (χ2v) is 13.8. The summed E-state index contributed by atoms with van der Waals surface area (Å²) < 4.78 is 72.1. The first-order chi connectivity index (χ1) is 20.1. The van der Waals surface area contributed by atoms with Crippen LogP contribution in [0.25, 0.3) is 0 Å². The quantitative estimate of drug-likeness (QED) is 0.345. The average Bonchev–Trinajstić information content (AvgIpc) is 3.55. The number of hydrogen-bond donors (Lipinski definition) is 1. The maximum atomic E-state index is 13.6.